The number of hydrogen-bond donors (Lipinski definition) is 2. The number of ether oxygens (including phenoxy) is 1. The van der Waals surface area contributed by atoms with E-state index in [1.165, 1.54) is 24.0 Å². The third-order valence-corrected chi connectivity index (χ3v) is 3.62. The van der Waals surface area contributed by atoms with Crippen LogP contribution in [0.15, 0.2) is 35.6 Å². The van der Waals surface area contributed by atoms with E-state index in [-0.39, 0.29) is 17.1 Å². The number of carbonyl (C=O) groups is 2. The molecule has 22 heavy (non-hydrogen) atoms. The van der Waals surface area contributed by atoms with Gasteiger partial charge in [0.15, 0.2) is 11.5 Å². The Labute approximate surface area is 128 Å². The average Bonchev–Trinajstić information content (AvgIpc) is 2.72. The standard InChI is InChI=1S/C16H19NO5/c1-10(18)13-14(11-5-3-6-12(19)9-11)17(7-4-8-22-2)16(21)15(13)20/h3,5-6,9,14,19-20H,4,7-8H2,1-2H3. The first-order valence-electron chi connectivity index (χ1n) is 7.00. The van der Waals surface area contributed by atoms with Gasteiger partial charge in [0.05, 0.1) is 11.6 Å². The van der Waals surface area contributed by atoms with Crippen LogP contribution in [-0.4, -0.2) is 47.1 Å². The van der Waals surface area contributed by atoms with Crippen molar-refractivity contribution in [3.63, 3.8) is 0 Å². The summed E-state index contributed by atoms with van der Waals surface area (Å²) in [5.41, 5.74) is 0.646. The molecule has 1 aromatic rings. The van der Waals surface area contributed by atoms with Gasteiger partial charge in [-0.1, -0.05) is 12.1 Å². The fourth-order valence-electron chi connectivity index (χ4n) is 2.66. The van der Waals surface area contributed by atoms with Crippen molar-refractivity contribution < 1.29 is 24.5 Å². The van der Waals surface area contributed by atoms with Gasteiger partial charge in [-0.05, 0) is 31.0 Å². The van der Waals surface area contributed by atoms with Crippen LogP contribution in [-0.2, 0) is 14.3 Å². The summed E-state index contributed by atoms with van der Waals surface area (Å²) in [6.07, 6.45) is 0.579. The second-order valence-corrected chi connectivity index (χ2v) is 5.16. The Bertz CT molecular complexity index is 623. The smallest absolute Gasteiger partial charge is 0.290 e. The molecule has 1 aliphatic heterocycles. The highest BCUT2D eigenvalue weighted by Crippen LogP contribution is 2.38. The minimum atomic E-state index is -0.686. The van der Waals surface area contributed by atoms with E-state index in [1.54, 1.807) is 19.2 Å². The first-order valence-corrected chi connectivity index (χ1v) is 7.00. The molecule has 1 aliphatic rings. The Morgan fingerprint density at radius 1 is 1.36 bits per heavy atom. The van der Waals surface area contributed by atoms with E-state index >= 15 is 0 Å². The van der Waals surface area contributed by atoms with Gasteiger partial charge in [-0.25, -0.2) is 0 Å². The van der Waals surface area contributed by atoms with Crippen molar-refractivity contribution in [1.82, 2.24) is 4.90 Å². The highest BCUT2D eigenvalue weighted by molar-refractivity contribution is 6.08. The third kappa shape index (κ3) is 2.96. The number of aliphatic hydroxyl groups excluding tert-OH is 1. The Hall–Kier alpha value is -2.34. The maximum absolute atomic E-state index is 12.2. The number of hydrogen-bond acceptors (Lipinski definition) is 5. The van der Waals surface area contributed by atoms with Crippen molar-refractivity contribution in [2.45, 2.75) is 19.4 Å². The van der Waals surface area contributed by atoms with Crippen molar-refractivity contribution in [3.05, 3.63) is 41.2 Å². The summed E-state index contributed by atoms with van der Waals surface area (Å²) >= 11 is 0. The molecule has 1 aromatic carbocycles. The molecule has 2 rings (SSSR count). The molecule has 0 aromatic heterocycles. The largest absolute Gasteiger partial charge is 0.508 e. The van der Waals surface area contributed by atoms with E-state index in [9.17, 15) is 19.8 Å². The summed E-state index contributed by atoms with van der Waals surface area (Å²) < 4.78 is 4.98. The van der Waals surface area contributed by atoms with Crippen LogP contribution in [0, 0.1) is 0 Å². The maximum Gasteiger partial charge on any atom is 0.290 e. The van der Waals surface area contributed by atoms with E-state index < -0.39 is 17.7 Å². The summed E-state index contributed by atoms with van der Waals surface area (Å²) in [7, 11) is 1.56. The van der Waals surface area contributed by atoms with Gasteiger partial charge in [0, 0.05) is 20.3 Å². The number of nitrogens with zero attached hydrogens (tertiary/aromatic N) is 1. The molecular formula is C16H19NO5. The Morgan fingerprint density at radius 3 is 2.68 bits per heavy atom. The van der Waals surface area contributed by atoms with E-state index in [0.29, 0.717) is 25.1 Å². The highest BCUT2D eigenvalue weighted by atomic mass is 16.5. The molecule has 6 heteroatoms. The first-order chi connectivity index (χ1) is 10.5. The fourth-order valence-corrected chi connectivity index (χ4v) is 2.66. The molecule has 0 saturated carbocycles. The number of ketones is 1. The van der Waals surface area contributed by atoms with Gasteiger partial charge in [-0.2, -0.15) is 0 Å². The van der Waals surface area contributed by atoms with Gasteiger partial charge >= 0.3 is 0 Å². The number of aromatic hydroxyl groups is 1. The molecule has 1 atom stereocenters. The van der Waals surface area contributed by atoms with Gasteiger partial charge in [0.25, 0.3) is 5.91 Å². The Kier molecular flexibility index (Phi) is 4.82. The first kappa shape index (κ1) is 16.0. The van der Waals surface area contributed by atoms with Crippen LogP contribution in [0.3, 0.4) is 0 Å². The van der Waals surface area contributed by atoms with Gasteiger partial charge in [0.1, 0.15) is 5.75 Å². The van der Waals surface area contributed by atoms with Crippen molar-refractivity contribution >= 4 is 11.7 Å². The normalized spacial score (nSPS) is 18.2. The van der Waals surface area contributed by atoms with Gasteiger partial charge in [-0.15, -0.1) is 0 Å². The number of amides is 1. The van der Waals surface area contributed by atoms with Crippen molar-refractivity contribution in [2.75, 3.05) is 20.3 Å². The second kappa shape index (κ2) is 6.62. The van der Waals surface area contributed by atoms with Crippen molar-refractivity contribution in [3.8, 4) is 5.75 Å². The molecular weight excluding hydrogens is 286 g/mol. The van der Waals surface area contributed by atoms with Crippen LogP contribution < -0.4 is 0 Å². The molecule has 118 valence electrons. The second-order valence-electron chi connectivity index (χ2n) is 5.16. The van der Waals surface area contributed by atoms with Gasteiger partial charge < -0.3 is 19.8 Å². The Morgan fingerprint density at radius 2 is 2.09 bits per heavy atom. The van der Waals surface area contributed by atoms with Gasteiger partial charge in [-0.3, -0.25) is 9.59 Å². The molecule has 0 radical (unpaired) electrons. The third-order valence-electron chi connectivity index (χ3n) is 3.62. The van der Waals surface area contributed by atoms with Crippen LogP contribution in [0.2, 0.25) is 0 Å². The average molecular weight is 305 g/mol. The SMILES string of the molecule is COCCCN1C(=O)C(O)=C(C(C)=O)C1c1cccc(O)c1. The van der Waals surface area contributed by atoms with E-state index in [0.717, 1.165) is 0 Å². The lowest BCUT2D eigenvalue weighted by molar-refractivity contribution is -0.129. The molecule has 0 saturated heterocycles. The fraction of sp³-hybridized carbons (Fsp3) is 0.375. The zero-order chi connectivity index (χ0) is 16.3. The number of methoxy groups -OCH3 is 1. The molecule has 6 nitrogen and oxygen atoms in total. The topological polar surface area (TPSA) is 87.1 Å². The zero-order valence-electron chi connectivity index (χ0n) is 12.6. The molecule has 0 aliphatic carbocycles. The maximum atomic E-state index is 12.2. The summed E-state index contributed by atoms with van der Waals surface area (Å²) in [4.78, 5) is 25.5. The lowest BCUT2D eigenvalue weighted by atomic mass is 9.96. The summed E-state index contributed by atoms with van der Waals surface area (Å²) in [5, 5.41) is 19.7. The number of aliphatic hydroxyl groups is 1. The molecule has 1 amide bonds. The number of rotatable bonds is 6. The minimum Gasteiger partial charge on any atom is -0.508 e. The summed E-state index contributed by atoms with van der Waals surface area (Å²) in [6.45, 7) is 2.12. The zero-order valence-corrected chi connectivity index (χ0v) is 12.6. The predicted molar refractivity (Wildman–Crippen MR) is 79.4 cm³/mol. The molecule has 1 unspecified atom stereocenters. The molecule has 0 fully saturated rings. The van der Waals surface area contributed by atoms with Gasteiger partial charge in [0.2, 0.25) is 0 Å². The summed E-state index contributed by atoms with van der Waals surface area (Å²) in [6, 6.07) is 5.65. The van der Waals surface area contributed by atoms with Crippen LogP contribution in [0.4, 0.5) is 0 Å². The lowest BCUT2D eigenvalue weighted by Gasteiger charge is -2.26. The minimum absolute atomic E-state index is 0.0380. The van der Waals surface area contributed by atoms with Crippen molar-refractivity contribution in [2.24, 2.45) is 0 Å². The van der Waals surface area contributed by atoms with Crippen LogP contribution in [0.5, 0.6) is 5.75 Å². The van der Waals surface area contributed by atoms with Crippen LogP contribution >= 0.6 is 0 Å². The highest BCUT2D eigenvalue weighted by Gasteiger charge is 2.42. The number of phenols is 1. The van der Waals surface area contributed by atoms with Crippen molar-refractivity contribution in [1.29, 1.82) is 0 Å². The lowest BCUT2D eigenvalue weighted by Crippen LogP contribution is -2.32. The molecule has 0 bridgehead atoms. The number of phenolic OH excluding ortho intramolecular Hbond substituents is 1. The van der Waals surface area contributed by atoms with E-state index in [1.807, 2.05) is 0 Å². The Balaban J connectivity index is 2.41. The molecule has 0 spiro atoms. The monoisotopic (exact) mass is 305 g/mol. The van der Waals surface area contributed by atoms with Crippen LogP contribution in [0.25, 0.3) is 0 Å². The summed E-state index contributed by atoms with van der Waals surface area (Å²) in [5.74, 6) is -1.42. The quantitative estimate of drug-likeness (QED) is 0.781. The van der Waals surface area contributed by atoms with E-state index in [4.69, 9.17) is 4.74 Å². The van der Waals surface area contributed by atoms with E-state index in [2.05, 4.69) is 0 Å². The predicted octanol–water partition coefficient (Wildman–Crippen LogP) is 1.71. The molecule has 1 heterocycles. The number of benzene rings is 1. The number of carbonyl (C=O) groups excluding carboxylic acids is 2. The molecule has 2 N–H and O–H groups in total. The van der Waals surface area contributed by atoms with Crippen LogP contribution in [0.1, 0.15) is 24.9 Å². The number of Topliss-reactive ketones (excluding diaryl/α,β-unsaturated/α-hetero) is 1.